The third-order valence-electron chi connectivity index (χ3n) is 7.37. The van der Waals surface area contributed by atoms with Gasteiger partial charge in [-0.1, -0.05) is 81.6 Å². The van der Waals surface area contributed by atoms with Gasteiger partial charge in [-0.25, -0.2) is 4.39 Å². The number of carbonyl (C=O) groups is 2. The van der Waals surface area contributed by atoms with Gasteiger partial charge in [0.2, 0.25) is 0 Å². The minimum atomic E-state index is -0.743. The molecule has 2 heterocycles. The fourth-order valence-corrected chi connectivity index (χ4v) is 6.30. The van der Waals surface area contributed by atoms with E-state index in [9.17, 15) is 24.0 Å². The Hall–Kier alpha value is -3.49. The lowest BCUT2D eigenvalue weighted by atomic mass is 10.0. The Bertz CT molecular complexity index is 1450. The molecule has 3 rings (SSSR count). The number of carboxylic acid groups (broad SMARTS) is 1. The summed E-state index contributed by atoms with van der Waals surface area (Å²) in [4.78, 5) is 39.3. The fraction of sp³-hybridized carbons (Fsp3) is 0.469. The van der Waals surface area contributed by atoms with Crippen molar-refractivity contribution in [2.75, 3.05) is 11.9 Å². The lowest BCUT2D eigenvalue weighted by Gasteiger charge is -2.20. The van der Waals surface area contributed by atoms with Crippen LogP contribution in [0.25, 0.3) is 6.08 Å². The maximum atomic E-state index is 13.4. The van der Waals surface area contributed by atoms with E-state index < -0.39 is 11.5 Å². The van der Waals surface area contributed by atoms with Crippen LogP contribution in [0.4, 0.5) is 10.2 Å². The van der Waals surface area contributed by atoms with Crippen molar-refractivity contribution in [3.63, 3.8) is 0 Å². The largest absolute Gasteiger partial charge is 0.481 e. The van der Waals surface area contributed by atoms with E-state index in [4.69, 9.17) is 17.3 Å². The van der Waals surface area contributed by atoms with E-state index in [-0.39, 0.29) is 23.7 Å². The standard InChI is InChI=1S/C32H39FN4O4S2/c1-3-17-36-29(35-21-23-13-15-24(33)16-14-23)25(22(2)26(20-34)30(36)40)19-27-31(41)37(32(42)43-27)18-11-9-7-5-4-6-8-10-12-28(38)39/h13-16,19,35H,3-12,17-18,21H2,1-2H3,(H,38,39)/b27-19+. The highest BCUT2D eigenvalue weighted by Crippen LogP contribution is 2.35. The first kappa shape index (κ1) is 34.0. The van der Waals surface area contributed by atoms with Crippen molar-refractivity contribution in [1.82, 2.24) is 9.47 Å². The second-order valence-electron chi connectivity index (χ2n) is 10.6. The molecule has 1 aromatic heterocycles. The Morgan fingerprint density at radius 3 is 2.30 bits per heavy atom. The normalized spacial score (nSPS) is 14.0. The van der Waals surface area contributed by atoms with Crippen LogP contribution in [0.3, 0.4) is 0 Å². The second-order valence-corrected chi connectivity index (χ2v) is 12.3. The van der Waals surface area contributed by atoms with Crippen LogP contribution in [0.2, 0.25) is 0 Å². The number of thioether (sulfide) groups is 1. The minimum absolute atomic E-state index is 0.0318. The number of nitrogens with one attached hydrogen (secondary N) is 1. The van der Waals surface area contributed by atoms with Gasteiger partial charge in [0, 0.05) is 31.6 Å². The number of rotatable bonds is 17. The zero-order chi connectivity index (χ0) is 31.4. The first-order valence-electron chi connectivity index (χ1n) is 14.8. The molecule has 2 aromatic rings. The van der Waals surface area contributed by atoms with Crippen LogP contribution in [0.15, 0.2) is 34.0 Å². The molecule has 1 amide bonds. The lowest BCUT2D eigenvalue weighted by Crippen LogP contribution is -2.29. The summed E-state index contributed by atoms with van der Waals surface area (Å²) in [5.74, 6) is -0.773. The summed E-state index contributed by atoms with van der Waals surface area (Å²) >= 11 is 6.76. The minimum Gasteiger partial charge on any atom is -0.481 e. The van der Waals surface area contributed by atoms with Crippen molar-refractivity contribution < 1.29 is 19.1 Å². The van der Waals surface area contributed by atoms with Gasteiger partial charge in [-0.3, -0.25) is 23.9 Å². The summed E-state index contributed by atoms with van der Waals surface area (Å²) in [7, 11) is 0. The molecule has 1 aliphatic heterocycles. The van der Waals surface area contributed by atoms with Gasteiger partial charge in [-0.15, -0.1) is 0 Å². The molecule has 0 aliphatic carbocycles. The fourth-order valence-electron chi connectivity index (χ4n) is 5.01. The maximum Gasteiger partial charge on any atom is 0.303 e. The first-order chi connectivity index (χ1) is 20.7. The molecule has 0 spiro atoms. The monoisotopic (exact) mass is 626 g/mol. The Morgan fingerprint density at radius 2 is 1.70 bits per heavy atom. The molecule has 43 heavy (non-hydrogen) atoms. The smallest absolute Gasteiger partial charge is 0.303 e. The van der Waals surface area contributed by atoms with Crippen LogP contribution in [0, 0.1) is 24.1 Å². The number of aliphatic carboxylic acids is 1. The molecule has 1 fully saturated rings. The predicted molar refractivity (Wildman–Crippen MR) is 173 cm³/mol. The highest BCUT2D eigenvalue weighted by molar-refractivity contribution is 8.26. The third-order valence-corrected chi connectivity index (χ3v) is 8.74. The summed E-state index contributed by atoms with van der Waals surface area (Å²) in [5.41, 5.74) is 1.51. The summed E-state index contributed by atoms with van der Waals surface area (Å²) in [5, 5.41) is 21.8. The van der Waals surface area contributed by atoms with Gasteiger partial charge in [-0.2, -0.15) is 5.26 Å². The van der Waals surface area contributed by atoms with Crippen LogP contribution in [-0.2, 0) is 22.7 Å². The molecule has 11 heteroatoms. The van der Waals surface area contributed by atoms with E-state index in [1.165, 1.54) is 28.5 Å². The summed E-state index contributed by atoms with van der Waals surface area (Å²) in [6, 6.07) is 8.11. The number of thiocarbonyl (C=S) groups is 1. The van der Waals surface area contributed by atoms with Gasteiger partial charge in [-0.05, 0) is 55.5 Å². The quantitative estimate of drug-likeness (QED) is 0.110. The maximum absolute atomic E-state index is 13.4. The lowest BCUT2D eigenvalue weighted by molar-refractivity contribution is -0.137. The van der Waals surface area contributed by atoms with Gasteiger partial charge in [0.15, 0.2) is 0 Å². The highest BCUT2D eigenvalue weighted by atomic mass is 32.2. The molecule has 0 bridgehead atoms. The Balaban J connectivity index is 1.73. The number of nitriles is 1. The van der Waals surface area contributed by atoms with Crippen LogP contribution in [0.1, 0.15) is 93.4 Å². The van der Waals surface area contributed by atoms with Crippen LogP contribution in [-0.4, -0.2) is 37.3 Å². The van der Waals surface area contributed by atoms with Gasteiger partial charge in [0.1, 0.15) is 27.6 Å². The van der Waals surface area contributed by atoms with Crippen LogP contribution in [0.5, 0.6) is 0 Å². The molecule has 0 unspecified atom stereocenters. The number of carboxylic acids is 1. The highest BCUT2D eigenvalue weighted by Gasteiger charge is 2.32. The van der Waals surface area contributed by atoms with Crippen LogP contribution < -0.4 is 10.9 Å². The molecule has 8 nitrogen and oxygen atoms in total. The van der Waals surface area contributed by atoms with Gasteiger partial charge in [0.25, 0.3) is 11.5 Å². The molecular formula is C32H39FN4O4S2. The zero-order valence-electron chi connectivity index (χ0n) is 24.8. The van der Waals surface area contributed by atoms with E-state index >= 15 is 0 Å². The third kappa shape index (κ3) is 9.50. The van der Waals surface area contributed by atoms with E-state index in [2.05, 4.69) is 5.32 Å². The van der Waals surface area contributed by atoms with Gasteiger partial charge >= 0.3 is 5.97 Å². The van der Waals surface area contributed by atoms with E-state index in [0.29, 0.717) is 52.2 Å². The number of amides is 1. The number of hydrogen-bond donors (Lipinski definition) is 2. The van der Waals surface area contributed by atoms with Crippen molar-refractivity contribution in [1.29, 1.82) is 5.26 Å². The Morgan fingerprint density at radius 1 is 1.07 bits per heavy atom. The molecule has 230 valence electrons. The molecule has 0 saturated carbocycles. The van der Waals surface area contributed by atoms with Crippen molar-refractivity contribution in [3.05, 3.63) is 67.6 Å². The predicted octanol–water partition coefficient (Wildman–Crippen LogP) is 6.99. The molecule has 0 atom stereocenters. The Kier molecular flexibility index (Phi) is 13.4. The molecule has 0 radical (unpaired) electrons. The van der Waals surface area contributed by atoms with E-state index in [1.807, 2.05) is 13.0 Å². The van der Waals surface area contributed by atoms with Crippen molar-refractivity contribution in [2.45, 2.75) is 91.1 Å². The number of aromatic nitrogens is 1. The number of carbonyl (C=O) groups excluding carboxylic acids is 1. The van der Waals surface area contributed by atoms with Crippen LogP contribution >= 0.6 is 24.0 Å². The van der Waals surface area contributed by atoms with E-state index in [1.54, 1.807) is 30.0 Å². The van der Waals surface area contributed by atoms with Crippen molar-refractivity contribution >= 4 is 52.1 Å². The number of benzene rings is 1. The summed E-state index contributed by atoms with van der Waals surface area (Å²) in [6.07, 6.45) is 10.3. The van der Waals surface area contributed by atoms with Crippen molar-refractivity contribution in [3.8, 4) is 6.07 Å². The summed E-state index contributed by atoms with van der Waals surface area (Å²) in [6.45, 7) is 4.87. The number of pyridine rings is 1. The average Bonchev–Trinajstić information content (AvgIpc) is 3.24. The van der Waals surface area contributed by atoms with E-state index in [0.717, 1.165) is 56.9 Å². The molecule has 1 saturated heterocycles. The number of anilines is 1. The topological polar surface area (TPSA) is 115 Å². The zero-order valence-corrected chi connectivity index (χ0v) is 26.4. The number of nitrogens with zero attached hydrogens (tertiary/aromatic N) is 3. The second kappa shape index (κ2) is 17.0. The molecular weight excluding hydrogens is 588 g/mol. The van der Waals surface area contributed by atoms with Crippen molar-refractivity contribution in [2.24, 2.45) is 0 Å². The SMILES string of the molecule is CCCn1c(NCc2ccc(F)cc2)c(/C=C2/SC(=S)N(CCCCCCCCCCC(=O)O)C2=O)c(C)c(C#N)c1=O. The number of unbranched alkanes of at least 4 members (excludes halogenated alkanes) is 7. The Labute approximate surface area is 262 Å². The summed E-state index contributed by atoms with van der Waals surface area (Å²) < 4.78 is 15.4. The molecule has 2 N–H and O–H groups in total. The number of halogens is 1. The average molecular weight is 627 g/mol. The van der Waals surface area contributed by atoms with Gasteiger partial charge in [0.05, 0.1) is 4.91 Å². The molecule has 1 aliphatic rings. The molecule has 1 aromatic carbocycles. The van der Waals surface area contributed by atoms with Gasteiger partial charge < -0.3 is 10.4 Å². The number of hydrogen-bond acceptors (Lipinski definition) is 7. The first-order valence-corrected chi connectivity index (χ1v) is 16.0.